The smallest absolute Gasteiger partial charge is 0.299 e. The molecule has 2 aromatic carbocycles. The molecule has 0 atom stereocenters. The summed E-state index contributed by atoms with van der Waals surface area (Å²) in [4.78, 5) is 22.6. The quantitative estimate of drug-likeness (QED) is 0.604. The van der Waals surface area contributed by atoms with Crippen LogP contribution in [0.4, 0.5) is 22.0 Å². The molecule has 0 aromatic heterocycles. The fraction of sp³-hybridized carbons (Fsp3) is 0.176. The fourth-order valence-electron chi connectivity index (χ4n) is 2.22. The lowest BCUT2D eigenvalue weighted by Gasteiger charge is -2.09. The Bertz CT molecular complexity index is 781. The maximum Gasteiger partial charge on any atom is 0.416 e. The summed E-state index contributed by atoms with van der Waals surface area (Å²) in [5.41, 5.74) is -1.04. The summed E-state index contributed by atoms with van der Waals surface area (Å²) in [5.74, 6) is -2.34. The number of rotatable bonds is 5. The third kappa shape index (κ3) is 4.47. The van der Waals surface area contributed by atoms with Gasteiger partial charge in [0.05, 0.1) is 5.56 Å². The van der Waals surface area contributed by atoms with Gasteiger partial charge < -0.3 is 0 Å². The number of halogens is 5. The largest absolute Gasteiger partial charge is 0.416 e. The van der Waals surface area contributed by atoms with Gasteiger partial charge in [-0.1, -0.05) is 6.07 Å². The number of carbonyl (C=O) groups is 2. The van der Waals surface area contributed by atoms with E-state index in [2.05, 4.69) is 0 Å². The maximum atomic E-state index is 13.7. The Morgan fingerprint density at radius 1 is 1.00 bits per heavy atom. The number of ketones is 1. The Balaban J connectivity index is 2.13. The molecule has 0 aliphatic rings. The molecule has 0 bridgehead atoms. The molecular weight excluding hydrogens is 331 g/mol. The number of Topliss-reactive ketones (excluding diaryl/α,β-unsaturated/α-hetero) is 1. The summed E-state index contributed by atoms with van der Waals surface area (Å²) in [5, 5.41) is 0. The molecule has 0 spiro atoms. The third-order valence-electron chi connectivity index (χ3n) is 3.29. The van der Waals surface area contributed by atoms with Crippen molar-refractivity contribution in [2.45, 2.75) is 19.0 Å². The highest BCUT2D eigenvalue weighted by Gasteiger charge is 2.31. The van der Waals surface area contributed by atoms with Gasteiger partial charge in [-0.15, -0.1) is 0 Å². The van der Waals surface area contributed by atoms with E-state index in [1.54, 1.807) is 0 Å². The highest BCUT2D eigenvalue weighted by atomic mass is 19.4. The fourth-order valence-corrected chi connectivity index (χ4v) is 2.22. The Morgan fingerprint density at radius 3 is 2.29 bits per heavy atom. The lowest BCUT2D eigenvalue weighted by Crippen LogP contribution is -2.10. The van der Waals surface area contributed by atoms with Crippen LogP contribution in [0.15, 0.2) is 36.4 Å². The molecule has 2 nitrogen and oxygen atoms in total. The van der Waals surface area contributed by atoms with Gasteiger partial charge in [0.2, 0.25) is 0 Å². The molecule has 0 aliphatic carbocycles. The number of benzene rings is 2. The molecule has 0 amide bonds. The molecule has 0 N–H and O–H groups in total. The van der Waals surface area contributed by atoms with Crippen LogP contribution < -0.4 is 0 Å². The van der Waals surface area contributed by atoms with Gasteiger partial charge in [0.15, 0.2) is 0 Å². The van der Waals surface area contributed by atoms with Gasteiger partial charge in [0.25, 0.3) is 0 Å². The first-order valence-electron chi connectivity index (χ1n) is 6.81. The highest BCUT2D eigenvalue weighted by Crippen LogP contribution is 2.30. The summed E-state index contributed by atoms with van der Waals surface area (Å²) >= 11 is 0. The standard InChI is InChI=1S/C17H11F5O2/c18-14-4-10(3-11(5-14)9-23)6-15(24)7-12-1-2-13(8-16(12)19)17(20,21)22/h1-5,8-9H,6-7H2. The topological polar surface area (TPSA) is 34.1 Å². The van der Waals surface area contributed by atoms with Crippen LogP contribution in [0.5, 0.6) is 0 Å². The average Bonchev–Trinajstić information content (AvgIpc) is 2.47. The van der Waals surface area contributed by atoms with Crippen LogP contribution in [-0.2, 0) is 23.8 Å². The van der Waals surface area contributed by atoms with Crippen molar-refractivity contribution >= 4 is 12.1 Å². The number of carbonyl (C=O) groups excluding carboxylic acids is 2. The van der Waals surface area contributed by atoms with Gasteiger partial charge in [-0.25, -0.2) is 8.78 Å². The van der Waals surface area contributed by atoms with E-state index in [4.69, 9.17) is 0 Å². The molecular formula is C17H11F5O2. The Labute approximate surface area is 133 Å². The van der Waals surface area contributed by atoms with E-state index in [0.717, 1.165) is 18.2 Å². The summed E-state index contributed by atoms with van der Waals surface area (Å²) in [6.45, 7) is 0. The van der Waals surface area contributed by atoms with E-state index in [9.17, 15) is 31.5 Å². The predicted octanol–water partition coefficient (Wildman–Crippen LogP) is 4.15. The van der Waals surface area contributed by atoms with Gasteiger partial charge >= 0.3 is 6.18 Å². The lowest BCUT2D eigenvalue weighted by molar-refractivity contribution is -0.137. The van der Waals surface area contributed by atoms with Crippen LogP contribution >= 0.6 is 0 Å². The molecule has 126 valence electrons. The van der Waals surface area contributed by atoms with Crippen molar-refractivity contribution < 1.29 is 31.5 Å². The normalized spacial score (nSPS) is 11.4. The van der Waals surface area contributed by atoms with E-state index in [1.165, 1.54) is 6.07 Å². The number of hydrogen-bond acceptors (Lipinski definition) is 2. The van der Waals surface area contributed by atoms with Crippen molar-refractivity contribution in [3.63, 3.8) is 0 Å². The summed E-state index contributed by atoms with van der Waals surface area (Å²) < 4.78 is 64.4. The van der Waals surface area contributed by atoms with Crippen LogP contribution in [-0.4, -0.2) is 12.1 Å². The van der Waals surface area contributed by atoms with E-state index < -0.39 is 35.6 Å². The van der Waals surface area contributed by atoms with Crippen LogP contribution in [0.25, 0.3) is 0 Å². The molecule has 0 unspecified atom stereocenters. The number of hydrogen-bond donors (Lipinski definition) is 0. The summed E-state index contributed by atoms with van der Waals surface area (Å²) in [6, 6.07) is 5.30. The summed E-state index contributed by atoms with van der Waals surface area (Å²) in [7, 11) is 0. The third-order valence-corrected chi connectivity index (χ3v) is 3.29. The Hall–Kier alpha value is -2.57. The van der Waals surface area contributed by atoms with Crippen molar-refractivity contribution in [2.24, 2.45) is 0 Å². The van der Waals surface area contributed by atoms with Crippen molar-refractivity contribution in [3.8, 4) is 0 Å². The van der Waals surface area contributed by atoms with E-state index in [0.29, 0.717) is 18.4 Å². The SMILES string of the molecule is O=Cc1cc(F)cc(CC(=O)Cc2ccc(C(F)(F)F)cc2F)c1. The number of aldehydes is 1. The molecule has 0 saturated heterocycles. The minimum Gasteiger partial charge on any atom is -0.299 e. The molecule has 2 aromatic rings. The highest BCUT2D eigenvalue weighted by molar-refractivity contribution is 5.84. The molecule has 0 radical (unpaired) electrons. The van der Waals surface area contributed by atoms with Crippen molar-refractivity contribution in [3.05, 3.63) is 70.3 Å². The maximum absolute atomic E-state index is 13.7. The van der Waals surface area contributed by atoms with Crippen LogP contribution in [0.2, 0.25) is 0 Å². The second kappa shape index (κ2) is 6.90. The van der Waals surface area contributed by atoms with Crippen molar-refractivity contribution in [1.29, 1.82) is 0 Å². The van der Waals surface area contributed by atoms with Gasteiger partial charge in [0, 0.05) is 18.4 Å². The second-order valence-electron chi connectivity index (χ2n) is 5.21. The van der Waals surface area contributed by atoms with E-state index >= 15 is 0 Å². The van der Waals surface area contributed by atoms with Crippen LogP contribution in [0.1, 0.15) is 27.0 Å². The van der Waals surface area contributed by atoms with E-state index in [1.807, 2.05) is 0 Å². The molecule has 0 heterocycles. The van der Waals surface area contributed by atoms with Crippen LogP contribution in [0, 0.1) is 11.6 Å². The van der Waals surface area contributed by atoms with Gasteiger partial charge in [0.1, 0.15) is 23.7 Å². The van der Waals surface area contributed by atoms with Crippen molar-refractivity contribution in [2.75, 3.05) is 0 Å². The zero-order valence-electron chi connectivity index (χ0n) is 12.2. The molecule has 7 heteroatoms. The van der Waals surface area contributed by atoms with Gasteiger partial charge in [-0.3, -0.25) is 9.59 Å². The second-order valence-corrected chi connectivity index (χ2v) is 5.21. The predicted molar refractivity (Wildman–Crippen MR) is 75.6 cm³/mol. The van der Waals surface area contributed by atoms with Crippen LogP contribution in [0.3, 0.4) is 0 Å². The van der Waals surface area contributed by atoms with Crippen molar-refractivity contribution in [1.82, 2.24) is 0 Å². The molecule has 0 aliphatic heterocycles. The Kier molecular flexibility index (Phi) is 5.11. The van der Waals surface area contributed by atoms with Gasteiger partial charge in [-0.2, -0.15) is 13.2 Å². The first kappa shape index (κ1) is 17.8. The first-order chi connectivity index (χ1) is 11.2. The van der Waals surface area contributed by atoms with Gasteiger partial charge in [-0.05, 0) is 41.5 Å². The lowest BCUT2D eigenvalue weighted by atomic mass is 10.00. The zero-order chi connectivity index (χ0) is 17.9. The molecule has 0 saturated carbocycles. The minimum atomic E-state index is -4.67. The average molecular weight is 342 g/mol. The monoisotopic (exact) mass is 342 g/mol. The molecule has 24 heavy (non-hydrogen) atoms. The molecule has 2 rings (SSSR count). The Morgan fingerprint density at radius 2 is 1.71 bits per heavy atom. The van der Waals surface area contributed by atoms with E-state index in [-0.39, 0.29) is 23.1 Å². The molecule has 0 fully saturated rings. The number of alkyl halides is 3. The first-order valence-corrected chi connectivity index (χ1v) is 6.81. The minimum absolute atomic E-state index is 0.0542. The zero-order valence-corrected chi connectivity index (χ0v) is 12.2. The summed E-state index contributed by atoms with van der Waals surface area (Å²) in [6.07, 6.45) is -4.95.